The highest BCUT2D eigenvalue weighted by atomic mass is 32.2. The number of nitrogens with zero attached hydrogens (tertiary/aromatic N) is 3. The van der Waals surface area contributed by atoms with Gasteiger partial charge in [0.25, 0.3) is 0 Å². The molecule has 1 heterocycles. The highest BCUT2D eigenvalue weighted by molar-refractivity contribution is 7.99. The number of para-hydroxylation sites is 4. The van der Waals surface area contributed by atoms with Crippen molar-refractivity contribution >= 4 is 28.8 Å². The molecule has 0 radical (unpaired) electrons. The SMILES string of the molecule is N#Cc1cc(C#N)cc(Oc2ccccc2N2c3ccccc3Sc3ccccc32)c1. The summed E-state index contributed by atoms with van der Waals surface area (Å²) in [6.45, 7) is 0. The van der Waals surface area contributed by atoms with Gasteiger partial charge in [0.05, 0.1) is 40.3 Å². The Balaban J connectivity index is 1.65. The molecule has 0 aromatic heterocycles. The molecule has 0 atom stereocenters. The predicted octanol–water partition coefficient (Wildman–Crippen LogP) is 7.16. The van der Waals surface area contributed by atoms with Crippen molar-refractivity contribution in [2.45, 2.75) is 9.79 Å². The number of ether oxygens (including phenoxy) is 1. The Bertz CT molecular complexity index is 1310. The fraction of sp³-hybridized carbons (Fsp3) is 0. The summed E-state index contributed by atoms with van der Waals surface area (Å²) < 4.78 is 6.23. The molecule has 1 aliphatic heterocycles. The molecule has 0 spiro atoms. The Morgan fingerprint density at radius 3 is 1.74 bits per heavy atom. The van der Waals surface area contributed by atoms with Gasteiger partial charge in [-0.05, 0) is 54.6 Å². The van der Waals surface area contributed by atoms with Gasteiger partial charge in [-0.1, -0.05) is 48.2 Å². The number of benzene rings is 4. The maximum absolute atomic E-state index is 9.30. The lowest BCUT2D eigenvalue weighted by atomic mass is 10.1. The zero-order valence-electron chi connectivity index (χ0n) is 16.3. The summed E-state index contributed by atoms with van der Waals surface area (Å²) in [5.74, 6) is 1.09. The fourth-order valence-electron chi connectivity index (χ4n) is 3.61. The van der Waals surface area contributed by atoms with Crippen LogP contribution < -0.4 is 9.64 Å². The van der Waals surface area contributed by atoms with Gasteiger partial charge in [0, 0.05) is 9.79 Å². The molecular formula is C26H15N3OS. The van der Waals surface area contributed by atoms with Gasteiger partial charge < -0.3 is 9.64 Å². The Morgan fingerprint density at radius 2 is 1.16 bits per heavy atom. The average molecular weight is 417 g/mol. The first-order valence-corrected chi connectivity index (χ1v) is 10.5. The monoisotopic (exact) mass is 417 g/mol. The van der Waals surface area contributed by atoms with E-state index in [1.54, 1.807) is 30.0 Å². The van der Waals surface area contributed by atoms with Gasteiger partial charge in [-0.15, -0.1) is 0 Å². The van der Waals surface area contributed by atoms with E-state index in [2.05, 4.69) is 41.3 Å². The third-order valence-corrected chi connectivity index (χ3v) is 6.06. The molecule has 146 valence electrons. The summed E-state index contributed by atoms with van der Waals surface area (Å²) in [5, 5.41) is 18.6. The largest absolute Gasteiger partial charge is 0.455 e. The molecule has 5 rings (SSSR count). The minimum absolute atomic E-state index is 0.386. The number of rotatable bonds is 3. The minimum Gasteiger partial charge on any atom is -0.455 e. The summed E-state index contributed by atoms with van der Waals surface area (Å²) in [6, 6.07) is 33.4. The summed E-state index contributed by atoms with van der Waals surface area (Å²) in [7, 11) is 0. The first-order chi connectivity index (χ1) is 15.3. The van der Waals surface area contributed by atoms with E-state index in [0.717, 1.165) is 26.9 Å². The van der Waals surface area contributed by atoms with Crippen molar-refractivity contribution in [3.63, 3.8) is 0 Å². The second-order valence-electron chi connectivity index (χ2n) is 6.91. The number of anilines is 3. The van der Waals surface area contributed by atoms with Crippen LogP contribution in [0, 0.1) is 22.7 Å². The van der Waals surface area contributed by atoms with Gasteiger partial charge in [-0.2, -0.15) is 10.5 Å². The molecule has 31 heavy (non-hydrogen) atoms. The molecule has 0 amide bonds. The first kappa shape index (κ1) is 18.8. The zero-order chi connectivity index (χ0) is 21.2. The standard InChI is InChI=1S/C26H15N3OS/c27-16-18-13-19(17-28)15-20(14-18)30-24-10-4-1-7-21(24)29-22-8-2-5-11-25(22)31-26-12-6-3-9-23(26)29/h1-15H. The van der Waals surface area contributed by atoms with Gasteiger partial charge in [-0.3, -0.25) is 0 Å². The highest BCUT2D eigenvalue weighted by Crippen LogP contribution is 2.53. The Labute approximate surface area is 184 Å². The van der Waals surface area contributed by atoms with Crippen LogP contribution in [0.1, 0.15) is 11.1 Å². The van der Waals surface area contributed by atoms with Crippen LogP contribution in [0.3, 0.4) is 0 Å². The topological polar surface area (TPSA) is 60.1 Å². The molecule has 0 unspecified atom stereocenters. The predicted molar refractivity (Wildman–Crippen MR) is 121 cm³/mol. The third-order valence-electron chi connectivity index (χ3n) is 4.93. The molecule has 0 fully saturated rings. The van der Waals surface area contributed by atoms with E-state index in [9.17, 15) is 10.5 Å². The minimum atomic E-state index is 0.386. The van der Waals surface area contributed by atoms with Gasteiger partial charge in [-0.25, -0.2) is 0 Å². The third kappa shape index (κ3) is 3.48. The van der Waals surface area contributed by atoms with E-state index in [4.69, 9.17) is 4.74 Å². The van der Waals surface area contributed by atoms with E-state index in [-0.39, 0.29) is 0 Å². The highest BCUT2D eigenvalue weighted by Gasteiger charge is 2.26. The maximum Gasteiger partial charge on any atom is 0.151 e. The summed E-state index contributed by atoms with van der Waals surface area (Å²) in [4.78, 5) is 4.51. The molecule has 5 heteroatoms. The summed E-state index contributed by atoms with van der Waals surface area (Å²) >= 11 is 1.75. The molecule has 1 aliphatic rings. The number of hydrogen-bond acceptors (Lipinski definition) is 5. The van der Waals surface area contributed by atoms with Crippen LogP contribution >= 0.6 is 11.8 Å². The summed E-state index contributed by atoms with van der Waals surface area (Å²) in [6.07, 6.45) is 0. The van der Waals surface area contributed by atoms with Crippen LogP contribution in [0.2, 0.25) is 0 Å². The molecule has 0 bridgehead atoms. The second kappa shape index (κ2) is 7.91. The van der Waals surface area contributed by atoms with Crippen LogP contribution in [0.15, 0.2) is 101 Å². The molecule has 0 saturated heterocycles. The van der Waals surface area contributed by atoms with Gasteiger partial charge >= 0.3 is 0 Å². The van der Waals surface area contributed by atoms with Crippen LogP contribution in [-0.2, 0) is 0 Å². The van der Waals surface area contributed by atoms with Crippen LogP contribution in [0.4, 0.5) is 17.1 Å². The van der Waals surface area contributed by atoms with Crippen molar-refractivity contribution in [2.24, 2.45) is 0 Å². The Morgan fingerprint density at radius 1 is 0.645 bits per heavy atom. The van der Waals surface area contributed by atoms with Crippen molar-refractivity contribution in [2.75, 3.05) is 4.90 Å². The Kier molecular flexibility index (Phi) is 4.80. The van der Waals surface area contributed by atoms with Gasteiger partial charge in [0.1, 0.15) is 5.75 Å². The van der Waals surface area contributed by atoms with Crippen LogP contribution in [0.5, 0.6) is 11.5 Å². The quantitative estimate of drug-likeness (QED) is 0.312. The van der Waals surface area contributed by atoms with E-state index in [0.29, 0.717) is 22.6 Å². The fourth-order valence-corrected chi connectivity index (χ4v) is 4.66. The number of fused-ring (bicyclic) bond motifs is 2. The number of hydrogen-bond donors (Lipinski definition) is 0. The lowest BCUT2D eigenvalue weighted by Crippen LogP contribution is -2.15. The molecule has 0 aliphatic carbocycles. The van der Waals surface area contributed by atoms with E-state index in [1.807, 2.05) is 48.5 Å². The second-order valence-corrected chi connectivity index (χ2v) is 8.00. The first-order valence-electron chi connectivity index (χ1n) is 9.65. The normalized spacial score (nSPS) is 11.6. The van der Waals surface area contributed by atoms with Gasteiger partial charge in [0.2, 0.25) is 0 Å². The average Bonchev–Trinajstić information content (AvgIpc) is 2.82. The van der Waals surface area contributed by atoms with E-state index < -0.39 is 0 Å². The van der Waals surface area contributed by atoms with Crippen molar-refractivity contribution in [3.8, 4) is 23.6 Å². The number of nitriles is 2. The maximum atomic E-state index is 9.30. The van der Waals surface area contributed by atoms with Crippen LogP contribution in [0.25, 0.3) is 0 Å². The van der Waals surface area contributed by atoms with Crippen molar-refractivity contribution in [1.29, 1.82) is 10.5 Å². The van der Waals surface area contributed by atoms with E-state index in [1.165, 1.54) is 0 Å². The molecular weight excluding hydrogens is 402 g/mol. The molecule has 4 nitrogen and oxygen atoms in total. The molecule has 0 N–H and O–H groups in total. The molecule has 4 aromatic carbocycles. The lowest BCUT2D eigenvalue weighted by Gasteiger charge is -2.33. The zero-order valence-corrected chi connectivity index (χ0v) is 17.1. The van der Waals surface area contributed by atoms with E-state index >= 15 is 0 Å². The van der Waals surface area contributed by atoms with Crippen molar-refractivity contribution in [3.05, 3.63) is 102 Å². The van der Waals surface area contributed by atoms with Gasteiger partial charge in [0.15, 0.2) is 5.75 Å². The van der Waals surface area contributed by atoms with Crippen LogP contribution in [-0.4, -0.2) is 0 Å². The summed E-state index contributed by atoms with van der Waals surface area (Å²) in [5.41, 5.74) is 3.80. The van der Waals surface area contributed by atoms with Crippen molar-refractivity contribution < 1.29 is 4.74 Å². The Hall–Kier alpha value is -4.19. The molecule has 0 saturated carbocycles. The van der Waals surface area contributed by atoms with Crippen molar-refractivity contribution in [1.82, 2.24) is 0 Å². The lowest BCUT2D eigenvalue weighted by molar-refractivity contribution is 0.483. The smallest absolute Gasteiger partial charge is 0.151 e. The molecule has 4 aromatic rings.